The summed E-state index contributed by atoms with van der Waals surface area (Å²) < 4.78 is 11.6. The van der Waals surface area contributed by atoms with E-state index in [0.717, 1.165) is 31.6 Å². The Morgan fingerprint density at radius 3 is 2.50 bits per heavy atom. The summed E-state index contributed by atoms with van der Waals surface area (Å²) in [4.78, 5) is 0. The molecule has 0 radical (unpaired) electrons. The van der Waals surface area contributed by atoms with Gasteiger partial charge in [-0.25, -0.2) is 0 Å². The predicted molar refractivity (Wildman–Crippen MR) is 82.3 cm³/mol. The van der Waals surface area contributed by atoms with E-state index in [1.165, 1.54) is 12.0 Å². The Bertz CT molecular complexity index is 390. The second kappa shape index (κ2) is 7.65. The van der Waals surface area contributed by atoms with Gasteiger partial charge >= 0.3 is 0 Å². The van der Waals surface area contributed by atoms with Gasteiger partial charge in [0.15, 0.2) is 0 Å². The van der Waals surface area contributed by atoms with Gasteiger partial charge in [-0.15, -0.1) is 0 Å². The number of aryl methyl sites for hydroxylation is 1. The summed E-state index contributed by atoms with van der Waals surface area (Å²) >= 11 is 0. The minimum Gasteiger partial charge on any atom is -0.488 e. The van der Waals surface area contributed by atoms with E-state index < -0.39 is 0 Å². The predicted octanol–water partition coefficient (Wildman–Crippen LogP) is 3.17. The summed E-state index contributed by atoms with van der Waals surface area (Å²) in [5.74, 6) is 0.950. The third-order valence-corrected chi connectivity index (χ3v) is 3.93. The van der Waals surface area contributed by atoms with E-state index >= 15 is 0 Å². The Kier molecular flexibility index (Phi) is 5.86. The molecule has 0 aliphatic heterocycles. The minimum absolute atomic E-state index is 0.164. The number of nitrogens with one attached hydrogen (secondary N) is 1. The van der Waals surface area contributed by atoms with Gasteiger partial charge < -0.3 is 14.8 Å². The van der Waals surface area contributed by atoms with Crippen molar-refractivity contribution in [3.05, 3.63) is 29.8 Å². The van der Waals surface area contributed by atoms with Crippen LogP contribution in [0.3, 0.4) is 0 Å². The van der Waals surface area contributed by atoms with Crippen molar-refractivity contribution < 1.29 is 9.47 Å². The lowest BCUT2D eigenvalue weighted by Crippen LogP contribution is -2.61. The number of hydrogen-bond donors (Lipinski definition) is 1. The molecule has 1 saturated carbocycles. The minimum atomic E-state index is 0.164. The van der Waals surface area contributed by atoms with E-state index in [1.807, 2.05) is 0 Å². The number of methoxy groups -OCH3 is 1. The van der Waals surface area contributed by atoms with Crippen LogP contribution in [0, 0.1) is 0 Å². The van der Waals surface area contributed by atoms with Crippen molar-refractivity contribution >= 4 is 0 Å². The van der Waals surface area contributed by atoms with Gasteiger partial charge in [-0.05, 0) is 37.1 Å². The molecule has 1 N–H and O–H groups in total. The average molecular weight is 277 g/mol. The molecule has 0 aromatic heterocycles. The van der Waals surface area contributed by atoms with Crippen molar-refractivity contribution in [3.8, 4) is 5.75 Å². The summed E-state index contributed by atoms with van der Waals surface area (Å²) in [6.45, 7) is 5.42. The highest BCUT2D eigenvalue weighted by Crippen LogP contribution is 2.29. The zero-order valence-electron chi connectivity index (χ0n) is 12.9. The third kappa shape index (κ3) is 3.74. The highest BCUT2D eigenvalue weighted by atomic mass is 16.5. The van der Waals surface area contributed by atoms with Gasteiger partial charge in [0.2, 0.25) is 0 Å². The molecule has 1 aliphatic rings. The maximum atomic E-state index is 6.03. The molecular weight excluding hydrogens is 250 g/mol. The fourth-order valence-corrected chi connectivity index (χ4v) is 2.74. The first-order valence-electron chi connectivity index (χ1n) is 7.80. The van der Waals surface area contributed by atoms with E-state index in [2.05, 4.69) is 43.4 Å². The molecule has 20 heavy (non-hydrogen) atoms. The Hall–Kier alpha value is -1.06. The van der Waals surface area contributed by atoms with E-state index in [4.69, 9.17) is 9.47 Å². The van der Waals surface area contributed by atoms with E-state index in [9.17, 15) is 0 Å². The zero-order valence-corrected chi connectivity index (χ0v) is 12.9. The lowest BCUT2D eigenvalue weighted by atomic mass is 9.85. The molecule has 3 unspecified atom stereocenters. The van der Waals surface area contributed by atoms with Gasteiger partial charge in [0.05, 0.1) is 0 Å². The topological polar surface area (TPSA) is 30.5 Å². The van der Waals surface area contributed by atoms with Crippen LogP contribution in [0.15, 0.2) is 24.3 Å². The van der Waals surface area contributed by atoms with E-state index in [1.54, 1.807) is 7.11 Å². The van der Waals surface area contributed by atoms with Gasteiger partial charge in [0.25, 0.3) is 0 Å². The molecule has 3 nitrogen and oxygen atoms in total. The smallest absolute Gasteiger partial charge is 0.128 e. The van der Waals surface area contributed by atoms with Crippen molar-refractivity contribution in [2.75, 3.05) is 13.7 Å². The number of ether oxygens (including phenoxy) is 2. The van der Waals surface area contributed by atoms with Crippen LogP contribution in [-0.4, -0.2) is 31.9 Å². The SMILES string of the molecule is CCCNC1CC(Oc2ccc(CCC)cc2)C1OC. The standard InChI is InChI=1S/C17H27NO2/c1-4-6-13-7-9-14(10-8-13)20-16-12-15(17(16)19-3)18-11-5-2/h7-10,15-18H,4-6,11-12H2,1-3H3. The highest BCUT2D eigenvalue weighted by Gasteiger charge is 2.42. The number of benzene rings is 1. The number of hydrogen-bond acceptors (Lipinski definition) is 3. The zero-order chi connectivity index (χ0) is 14.4. The van der Waals surface area contributed by atoms with Crippen molar-refractivity contribution in [2.45, 2.75) is 57.8 Å². The van der Waals surface area contributed by atoms with Gasteiger partial charge in [-0.1, -0.05) is 32.4 Å². The first kappa shape index (κ1) is 15.3. The van der Waals surface area contributed by atoms with Crippen LogP contribution in [0.2, 0.25) is 0 Å². The van der Waals surface area contributed by atoms with Gasteiger partial charge in [0, 0.05) is 19.6 Å². The van der Waals surface area contributed by atoms with Crippen molar-refractivity contribution in [1.82, 2.24) is 5.32 Å². The summed E-state index contributed by atoms with van der Waals surface area (Å²) in [5.41, 5.74) is 1.37. The van der Waals surface area contributed by atoms with Crippen LogP contribution < -0.4 is 10.1 Å². The van der Waals surface area contributed by atoms with Crippen LogP contribution in [0.4, 0.5) is 0 Å². The molecule has 3 atom stereocenters. The normalized spacial score (nSPS) is 25.2. The van der Waals surface area contributed by atoms with Crippen molar-refractivity contribution in [3.63, 3.8) is 0 Å². The lowest BCUT2D eigenvalue weighted by Gasteiger charge is -2.43. The second-order valence-electron chi connectivity index (χ2n) is 5.55. The van der Waals surface area contributed by atoms with E-state index in [0.29, 0.717) is 6.04 Å². The molecule has 112 valence electrons. The molecule has 1 aliphatic carbocycles. The van der Waals surface area contributed by atoms with Crippen LogP contribution in [-0.2, 0) is 11.2 Å². The fourth-order valence-electron chi connectivity index (χ4n) is 2.74. The molecule has 1 aromatic carbocycles. The highest BCUT2D eigenvalue weighted by molar-refractivity contribution is 5.28. The Labute approximate surface area is 122 Å². The van der Waals surface area contributed by atoms with Crippen LogP contribution in [0.25, 0.3) is 0 Å². The quantitative estimate of drug-likeness (QED) is 0.791. The molecule has 1 aromatic rings. The molecule has 0 bridgehead atoms. The first-order chi connectivity index (χ1) is 9.78. The van der Waals surface area contributed by atoms with Crippen molar-refractivity contribution in [1.29, 1.82) is 0 Å². The van der Waals surface area contributed by atoms with Crippen molar-refractivity contribution in [2.24, 2.45) is 0 Å². The van der Waals surface area contributed by atoms with Crippen LogP contribution in [0.1, 0.15) is 38.7 Å². The van der Waals surface area contributed by atoms with E-state index in [-0.39, 0.29) is 12.2 Å². The van der Waals surface area contributed by atoms with Crippen LogP contribution >= 0.6 is 0 Å². The van der Waals surface area contributed by atoms with Gasteiger partial charge in [-0.2, -0.15) is 0 Å². The Morgan fingerprint density at radius 1 is 1.15 bits per heavy atom. The molecule has 1 fully saturated rings. The summed E-state index contributed by atoms with van der Waals surface area (Å²) in [7, 11) is 1.77. The van der Waals surface area contributed by atoms with Crippen LogP contribution in [0.5, 0.6) is 5.75 Å². The molecular formula is C17H27NO2. The summed E-state index contributed by atoms with van der Waals surface area (Å²) in [6.07, 6.45) is 4.82. The van der Waals surface area contributed by atoms with Gasteiger partial charge in [-0.3, -0.25) is 0 Å². The third-order valence-electron chi connectivity index (χ3n) is 3.93. The maximum Gasteiger partial charge on any atom is 0.128 e. The maximum absolute atomic E-state index is 6.03. The molecule has 2 rings (SSSR count). The number of rotatable bonds is 8. The summed E-state index contributed by atoms with van der Waals surface area (Å²) in [5, 5.41) is 3.51. The Balaban J connectivity index is 1.84. The first-order valence-corrected chi connectivity index (χ1v) is 7.80. The molecule has 0 spiro atoms. The monoisotopic (exact) mass is 277 g/mol. The average Bonchev–Trinajstić information content (AvgIpc) is 2.44. The fraction of sp³-hybridized carbons (Fsp3) is 0.647. The Morgan fingerprint density at radius 2 is 1.90 bits per heavy atom. The molecule has 0 heterocycles. The lowest BCUT2D eigenvalue weighted by molar-refractivity contribution is -0.0887. The largest absolute Gasteiger partial charge is 0.488 e. The molecule has 0 saturated heterocycles. The second-order valence-corrected chi connectivity index (χ2v) is 5.55. The summed E-state index contributed by atoms with van der Waals surface area (Å²) in [6, 6.07) is 8.90. The van der Waals surface area contributed by atoms with Gasteiger partial charge in [0.1, 0.15) is 18.0 Å². The molecule has 3 heteroatoms. The molecule has 0 amide bonds.